The molecule has 0 aliphatic carbocycles. The van der Waals surface area contributed by atoms with Gasteiger partial charge in [0.05, 0.1) is 19.1 Å². The summed E-state index contributed by atoms with van der Waals surface area (Å²) < 4.78 is 0. The Bertz CT molecular complexity index is 1310. The number of nitrogens with zero attached hydrogens (tertiary/aromatic N) is 1. The number of amides is 6. The van der Waals surface area contributed by atoms with Crippen LogP contribution in [-0.2, 0) is 40.0 Å². The Balaban J connectivity index is 2.24. The highest BCUT2D eigenvalue weighted by molar-refractivity contribution is 5.97. The number of carboxylic acids is 1. The molecular weight excluding hydrogens is 626 g/mol. The molecule has 48 heavy (non-hydrogen) atoms. The van der Waals surface area contributed by atoms with E-state index in [4.69, 9.17) is 16.6 Å². The number of likely N-dealkylation sites (tertiary alicyclic amines) is 1. The van der Waals surface area contributed by atoms with Crippen molar-refractivity contribution in [1.82, 2.24) is 26.2 Å². The molecule has 0 spiro atoms. The van der Waals surface area contributed by atoms with Gasteiger partial charge in [0.2, 0.25) is 35.4 Å². The summed E-state index contributed by atoms with van der Waals surface area (Å²) >= 11 is 0. The van der Waals surface area contributed by atoms with Crippen LogP contribution in [0, 0.1) is 11.8 Å². The van der Waals surface area contributed by atoms with E-state index in [0.717, 1.165) is 5.56 Å². The van der Waals surface area contributed by atoms with E-state index in [2.05, 4.69) is 21.3 Å². The average Bonchev–Trinajstić information content (AvgIpc) is 3.51. The van der Waals surface area contributed by atoms with Crippen LogP contribution in [0.15, 0.2) is 30.3 Å². The van der Waals surface area contributed by atoms with Crippen molar-refractivity contribution >= 4 is 41.4 Å². The third-order valence-electron chi connectivity index (χ3n) is 7.89. The number of nitrogens with two attached hydrogens (primary N) is 2. The molecule has 10 N–H and O–H groups in total. The monoisotopic (exact) mass is 675 g/mol. The van der Waals surface area contributed by atoms with Crippen molar-refractivity contribution in [3.8, 4) is 0 Å². The fourth-order valence-electron chi connectivity index (χ4n) is 5.37. The summed E-state index contributed by atoms with van der Waals surface area (Å²) in [6, 6.07) is 1.72. The zero-order valence-corrected chi connectivity index (χ0v) is 27.8. The number of aliphatic hydroxyl groups excluding tert-OH is 1. The number of aliphatic carboxylic acids is 1. The van der Waals surface area contributed by atoms with Crippen LogP contribution in [0.1, 0.15) is 58.9 Å². The Labute approximate surface area is 279 Å². The van der Waals surface area contributed by atoms with Crippen LogP contribution in [0.5, 0.6) is 0 Å². The smallest absolute Gasteiger partial charge is 0.305 e. The van der Waals surface area contributed by atoms with Gasteiger partial charge in [-0.15, -0.1) is 0 Å². The quantitative estimate of drug-likeness (QED) is 0.0860. The second-order valence-electron chi connectivity index (χ2n) is 12.7. The molecule has 6 amide bonds. The largest absolute Gasteiger partial charge is 0.481 e. The zero-order chi connectivity index (χ0) is 36.1. The summed E-state index contributed by atoms with van der Waals surface area (Å²) in [5, 5.41) is 29.0. The van der Waals surface area contributed by atoms with Gasteiger partial charge in [-0.25, -0.2) is 0 Å². The van der Waals surface area contributed by atoms with Crippen LogP contribution in [0.4, 0.5) is 0 Å². The van der Waals surface area contributed by atoms with Crippen LogP contribution in [0.3, 0.4) is 0 Å². The minimum absolute atomic E-state index is 0.0760. The molecule has 0 saturated carbocycles. The average molecular weight is 676 g/mol. The van der Waals surface area contributed by atoms with Gasteiger partial charge in [0, 0.05) is 13.0 Å². The van der Waals surface area contributed by atoms with Crippen molar-refractivity contribution in [2.24, 2.45) is 23.3 Å². The number of carbonyl (C=O) groups is 7. The van der Waals surface area contributed by atoms with E-state index in [1.165, 1.54) is 4.90 Å². The molecule has 1 aliphatic rings. The number of carbonyl (C=O) groups excluding carboxylic acids is 6. The molecule has 266 valence electrons. The Hall–Kier alpha value is -4.57. The molecule has 1 aromatic carbocycles. The molecule has 2 rings (SSSR count). The third-order valence-corrected chi connectivity index (χ3v) is 7.89. The van der Waals surface area contributed by atoms with E-state index >= 15 is 0 Å². The highest BCUT2D eigenvalue weighted by atomic mass is 16.4. The lowest BCUT2D eigenvalue weighted by Gasteiger charge is -2.30. The summed E-state index contributed by atoms with van der Waals surface area (Å²) in [5.41, 5.74) is 11.8. The van der Waals surface area contributed by atoms with Gasteiger partial charge in [-0.1, -0.05) is 58.0 Å². The van der Waals surface area contributed by atoms with Gasteiger partial charge in [-0.2, -0.15) is 0 Å². The first-order valence-corrected chi connectivity index (χ1v) is 16.0. The first-order valence-electron chi connectivity index (χ1n) is 16.0. The Morgan fingerprint density at radius 2 is 1.48 bits per heavy atom. The van der Waals surface area contributed by atoms with Gasteiger partial charge < -0.3 is 47.8 Å². The fraction of sp³-hybridized carbons (Fsp3) is 0.594. The van der Waals surface area contributed by atoms with E-state index in [1.54, 1.807) is 44.2 Å². The van der Waals surface area contributed by atoms with Crippen molar-refractivity contribution in [2.75, 3.05) is 13.2 Å². The van der Waals surface area contributed by atoms with Crippen molar-refractivity contribution in [1.29, 1.82) is 0 Å². The van der Waals surface area contributed by atoms with Crippen LogP contribution in [0.2, 0.25) is 0 Å². The Morgan fingerprint density at radius 3 is 2.02 bits per heavy atom. The first kappa shape index (κ1) is 39.6. The second-order valence-corrected chi connectivity index (χ2v) is 12.7. The maximum Gasteiger partial charge on any atom is 0.305 e. The Morgan fingerprint density at radius 1 is 0.875 bits per heavy atom. The summed E-state index contributed by atoms with van der Waals surface area (Å²) in [6.07, 6.45) is 0.237. The molecule has 0 radical (unpaired) electrons. The van der Waals surface area contributed by atoms with E-state index < -0.39 is 90.7 Å². The molecular formula is C32H49N7O9. The van der Waals surface area contributed by atoms with E-state index in [9.17, 15) is 38.7 Å². The van der Waals surface area contributed by atoms with Crippen molar-refractivity contribution in [3.63, 3.8) is 0 Å². The van der Waals surface area contributed by atoms with Gasteiger partial charge in [0.15, 0.2) is 0 Å². The lowest BCUT2D eigenvalue weighted by molar-refractivity contribution is -0.143. The van der Waals surface area contributed by atoms with Gasteiger partial charge in [0.1, 0.15) is 30.2 Å². The standard InChI is InChI=1S/C32H49N7O9/c1-17(2)13-21(29(45)35-22(14-19-9-6-5-7-10-19)30(46)38-26(18(3)4)27(34)43)36-31(47)24-11-8-12-39(24)32(48)23(16-40)37-28(44)20(33)15-25(41)42/h5-7,9-10,17-18,20-24,26,40H,8,11-16,33H2,1-4H3,(H2,34,43)(H,35,45)(H,36,47)(H,37,44)(H,38,46)(H,41,42). The number of carboxylic acid groups (broad SMARTS) is 1. The third kappa shape index (κ3) is 11.9. The minimum Gasteiger partial charge on any atom is -0.481 e. The van der Waals surface area contributed by atoms with E-state index in [1.807, 2.05) is 13.8 Å². The molecule has 6 unspecified atom stereocenters. The predicted molar refractivity (Wildman–Crippen MR) is 173 cm³/mol. The number of benzene rings is 1. The summed E-state index contributed by atoms with van der Waals surface area (Å²) in [7, 11) is 0. The van der Waals surface area contributed by atoms with Gasteiger partial charge in [-0.3, -0.25) is 33.6 Å². The molecule has 1 saturated heterocycles. The lowest BCUT2D eigenvalue weighted by atomic mass is 9.99. The minimum atomic E-state index is -1.48. The lowest BCUT2D eigenvalue weighted by Crippen LogP contribution is -2.60. The highest BCUT2D eigenvalue weighted by Gasteiger charge is 2.39. The molecule has 16 heteroatoms. The second kappa shape index (κ2) is 18.7. The van der Waals surface area contributed by atoms with Gasteiger partial charge >= 0.3 is 5.97 Å². The number of hydrogen-bond acceptors (Lipinski definition) is 9. The summed E-state index contributed by atoms with van der Waals surface area (Å²) in [6.45, 7) is 6.42. The molecule has 0 bridgehead atoms. The SMILES string of the molecule is CC(C)CC(NC(=O)C1CCCN1C(=O)C(CO)NC(=O)C(N)CC(=O)O)C(=O)NC(Cc1ccccc1)C(=O)NC(C(N)=O)C(C)C. The molecule has 1 aromatic rings. The zero-order valence-electron chi connectivity index (χ0n) is 27.8. The maximum atomic E-state index is 13.7. The van der Waals surface area contributed by atoms with E-state index in [-0.39, 0.29) is 37.6 Å². The van der Waals surface area contributed by atoms with Gasteiger partial charge in [-0.05, 0) is 36.7 Å². The fourth-order valence-corrected chi connectivity index (χ4v) is 5.37. The molecule has 1 fully saturated rings. The molecule has 1 heterocycles. The summed E-state index contributed by atoms with van der Waals surface area (Å²) in [5.74, 6) is -6.10. The topological polar surface area (TPSA) is 263 Å². The Kier molecular flexibility index (Phi) is 15.4. The van der Waals surface area contributed by atoms with Crippen molar-refractivity contribution < 1.29 is 43.8 Å². The van der Waals surface area contributed by atoms with Crippen LogP contribution >= 0.6 is 0 Å². The molecule has 1 aliphatic heterocycles. The molecule has 16 nitrogen and oxygen atoms in total. The van der Waals surface area contributed by atoms with Crippen molar-refractivity contribution in [2.45, 2.75) is 96.1 Å². The number of rotatable bonds is 18. The van der Waals surface area contributed by atoms with Crippen LogP contribution in [0.25, 0.3) is 0 Å². The highest BCUT2D eigenvalue weighted by Crippen LogP contribution is 2.20. The van der Waals surface area contributed by atoms with E-state index in [0.29, 0.717) is 6.42 Å². The first-order chi connectivity index (χ1) is 22.5. The van der Waals surface area contributed by atoms with Crippen molar-refractivity contribution in [3.05, 3.63) is 35.9 Å². The van der Waals surface area contributed by atoms with Crippen LogP contribution in [-0.4, -0.2) is 106 Å². The molecule has 0 aromatic heterocycles. The molecule has 6 atom stereocenters. The maximum absolute atomic E-state index is 13.7. The normalized spacial score (nSPS) is 17.5. The number of aliphatic hydroxyl groups is 1. The number of nitrogens with one attached hydrogen (secondary N) is 4. The van der Waals surface area contributed by atoms with Crippen LogP contribution < -0.4 is 32.7 Å². The number of primary amides is 1. The predicted octanol–water partition coefficient (Wildman–Crippen LogP) is -1.86. The number of hydrogen-bond donors (Lipinski definition) is 8. The summed E-state index contributed by atoms with van der Waals surface area (Å²) in [4.78, 5) is 90.4. The van der Waals surface area contributed by atoms with Gasteiger partial charge in [0.25, 0.3) is 0 Å².